The van der Waals surface area contributed by atoms with E-state index in [9.17, 15) is 38.4 Å². The second-order valence-corrected chi connectivity index (χ2v) is 14.2. The molecule has 0 radical (unpaired) electrons. The molecule has 0 fully saturated rings. The normalized spacial score (nSPS) is 11.2. The van der Waals surface area contributed by atoms with Crippen LogP contribution in [0.2, 0.25) is 0 Å². The van der Waals surface area contributed by atoms with Crippen LogP contribution in [-0.4, -0.2) is 191 Å². The van der Waals surface area contributed by atoms with Crippen LogP contribution in [0.3, 0.4) is 0 Å². The number of carbonyl (C=O) groups excluding carboxylic acids is 8. The van der Waals surface area contributed by atoms with E-state index in [0.29, 0.717) is 104 Å². The fourth-order valence-electron chi connectivity index (χ4n) is 5.65. The van der Waals surface area contributed by atoms with E-state index in [0.717, 1.165) is 6.42 Å². The summed E-state index contributed by atoms with van der Waals surface area (Å²) in [5.41, 5.74) is 27.1. The van der Waals surface area contributed by atoms with Gasteiger partial charge in [0.1, 0.15) is 0 Å². The van der Waals surface area contributed by atoms with Gasteiger partial charge in [0, 0.05) is 130 Å². The van der Waals surface area contributed by atoms with Gasteiger partial charge in [-0.15, -0.1) is 0 Å². The van der Waals surface area contributed by atoms with Crippen molar-refractivity contribution in [3.05, 3.63) is 0 Å². The standard InChI is InChI=1S/C37H74N14O8/c1-2-13-43-33(55)10-25-51(28-32(42)54)27-17-47-35(57)7-22-48(20-5-30(40)52)18-4-19-50(29-37(59)44-14-3-11-38)24-9-36(58)46-16-26-49(21-6-31(41)53)23-8-34(56)45-15-12-39/h2-29,38-39H2,1H3,(H2,40,52)(H2,41,53)(H2,42,54)(H,43,55)(H,44,59)(H,45,56)(H,46,58)(H,47,57). The van der Waals surface area contributed by atoms with Crippen molar-refractivity contribution in [1.82, 2.24) is 46.2 Å². The van der Waals surface area contributed by atoms with Crippen molar-refractivity contribution >= 4 is 47.3 Å². The number of hydrogen-bond acceptors (Lipinski definition) is 14. The Morgan fingerprint density at radius 2 is 0.763 bits per heavy atom. The van der Waals surface area contributed by atoms with Crippen LogP contribution >= 0.6 is 0 Å². The Kier molecular flexibility index (Phi) is 32.8. The highest BCUT2D eigenvalue weighted by Crippen LogP contribution is 2.02. The van der Waals surface area contributed by atoms with Crippen molar-refractivity contribution in [3.63, 3.8) is 0 Å². The number of hydrogen-bond donors (Lipinski definition) is 10. The molecule has 0 atom stereocenters. The van der Waals surface area contributed by atoms with Crippen molar-refractivity contribution < 1.29 is 38.4 Å². The Balaban J connectivity index is 5.20. The van der Waals surface area contributed by atoms with Crippen molar-refractivity contribution in [3.8, 4) is 0 Å². The van der Waals surface area contributed by atoms with Crippen LogP contribution in [0.4, 0.5) is 0 Å². The van der Waals surface area contributed by atoms with Crippen LogP contribution < -0.4 is 55.3 Å². The maximum atomic E-state index is 12.9. The molecule has 0 aliphatic carbocycles. The van der Waals surface area contributed by atoms with Gasteiger partial charge in [0.2, 0.25) is 47.3 Å². The lowest BCUT2D eigenvalue weighted by molar-refractivity contribution is -0.124. The second kappa shape index (κ2) is 35.5. The van der Waals surface area contributed by atoms with Crippen molar-refractivity contribution in [2.45, 2.75) is 64.7 Å². The highest BCUT2D eigenvalue weighted by Gasteiger charge is 2.17. The summed E-state index contributed by atoms with van der Waals surface area (Å²) in [4.78, 5) is 104. The number of nitrogens with two attached hydrogens (primary N) is 5. The summed E-state index contributed by atoms with van der Waals surface area (Å²) in [6, 6.07) is 0. The Labute approximate surface area is 349 Å². The quantitative estimate of drug-likeness (QED) is 0.0259. The van der Waals surface area contributed by atoms with Gasteiger partial charge in [0.25, 0.3) is 0 Å². The van der Waals surface area contributed by atoms with Crippen LogP contribution in [0.15, 0.2) is 0 Å². The van der Waals surface area contributed by atoms with Gasteiger partial charge in [-0.1, -0.05) is 6.92 Å². The van der Waals surface area contributed by atoms with E-state index >= 15 is 0 Å². The lowest BCUT2D eigenvalue weighted by Gasteiger charge is -2.25. The molecule has 0 aliphatic rings. The molecule has 0 aromatic heterocycles. The summed E-state index contributed by atoms with van der Waals surface area (Å²) >= 11 is 0. The van der Waals surface area contributed by atoms with Gasteiger partial charge >= 0.3 is 0 Å². The molecule has 8 amide bonds. The van der Waals surface area contributed by atoms with E-state index < -0.39 is 17.7 Å². The first-order valence-corrected chi connectivity index (χ1v) is 20.7. The zero-order valence-corrected chi connectivity index (χ0v) is 35.2. The third-order valence-electron chi connectivity index (χ3n) is 8.91. The molecular weight excluding hydrogens is 768 g/mol. The lowest BCUT2D eigenvalue weighted by Crippen LogP contribution is -2.42. The molecule has 0 heterocycles. The summed E-state index contributed by atoms with van der Waals surface area (Å²) in [6.07, 6.45) is 2.80. The topological polar surface area (TPSA) is 340 Å². The Hall–Kier alpha value is -4.48. The molecule has 0 saturated carbocycles. The predicted molar refractivity (Wildman–Crippen MR) is 224 cm³/mol. The van der Waals surface area contributed by atoms with Crippen LogP contribution in [0, 0.1) is 0 Å². The lowest BCUT2D eigenvalue weighted by atomic mass is 10.2. The molecule has 0 spiro atoms. The molecule has 0 rings (SSSR count). The Bertz CT molecular complexity index is 1260. The molecule has 0 aliphatic heterocycles. The van der Waals surface area contributed by atoms with Gasteiger partial charge in [-0.3, -0.25) is 48.2 Å². The van der Waals surface area contributed by atoms with Gasteiger partial charge in [0.15, 0.2) is 0 Å². The molecule has 15 N–H and O–H groups in total. The molecule has 22 nitrogen and oxygen atoms in total. The van der Waals surface area contributed by atoms with E-state index in [1.807, 2.05) is 21.6 Å². The summed E-state index contributed by atoms with van der Waals surface area (Å²) in [6.45, 7) is 8.14. The summed E-state index contributed by atoms with van der Waals surface area (Å²) in [5.74, 6) is -2.48. The highest BCUT2D eigenvalue weighted by atomic mass is 16.2. The van der Waals surface area contributed by atoms with Crippen molar-refractivity contribution in [2.24, 2.45) is 28.7 Å². The minimum atomic E-state index is -0.541. The average molecular weight is 843 g/mol. The minimum Gasteiger partial charge on any atom is -0.370 e. The average Bonchev–Trinajstić information content (AvgIpc) is 3.18. The van der Waals surface area contributed by atoms with Crippen molar-refractivity contribution in [2.75, 3.05) is 124 Å². The number of rotatable bonds is 39. The fourth-order valence-corrected chi connectivity index (χ4v) is 5.65. The van der Waals surface area contributed by atoms with Gasteiger partial charge in [-0.2, -0.15) is 0 Å². The van der Waals surface area contributed by atoms with Crippen LogP contribution in [0.5, 0.6) is 0 Å². The zero-order chi connectivity index (χ0) is 44.3. The van der Waals surface area contributed by atoms with Crippen molar-refractivity contribution in [1.29, 1.82) is 0 Å². The molecule has 0 aromatic carbocycles. The minimum absolute atomic E-state index is 0.0465. The largest absolute Gasteiger partial charge is 0.370 e. The number of amides is 8. The van der Waals surface area contributed by atoms with Crippen LogP contribution in [0.25, 0.3) is 0 Å². The smallest absolute Gasteiger partial charge is 0.234 e. The second-order valence-electron chi connectivity index (χ2n) is 14.2. The third kappa shape index (κ3) is 34.1. The van der Waals surface area contributed by atoms with E-state index in [4.69, 9.17) is 28.7 Å². The molecule has 0 unspecified atom stereocenters. The van der Waals surface area contributed by atoms with Crippen LogP contribution in [0.1, 0.15) is 64.7 Å². The van der Waals surface area contributed by atoms with Crippen LogP contribution in [-0.2, 0) is 38.4 Å². The highest BCUT2D eigenvalue weighted by molar-refractivity contribution is 5.79. The first-order valence-electron chi connectivity index (χ1n) is 20.7. The van der Waals surface area contributed by atoms with E-state index in [-0.39, 0.29) is 101 Å². The Morgan fingerprint density at radius 3 is 1.22 bits per heavy atom. The summed E-state index contributed by atoms with van der Waals surface area (Å²) < 4.78 is 0. The van der Waals surface area contributed by atoms with Gasteiger partial charge in [-0.05, 0) is 38.9 Å². The summed E-state index contributed by atoms with van der Waals surface area (Å²) in [7, 11) is 0. The van der Waals surface area contributed by atoms with E-state index in [1.54, 1.807) is 4.90 Å². The van der Waals surface area contributed by atoms with E-state index in [1.165, 1.54) is 0 Å². The molecule has 0 saturated heterocycles. The number of nitrogens with one attached hydrogen (secondary N) is 5. The predicted octanol–water partition coefficient (Wildman–Crippen LogP) is -5.32. The van der Waals surface area contributed by atoms with Gasteiger partial charge in [-0.25, -0.2) is 0 Å². The molecule has 0 bridgehead atoms. The van der Waals surface area contributed by atoms with Gasteiger partial charge < -0.3 is 65.1 Å². The molecular formula is C37H74N14O8. The SMILES string of the molecule is CCCNC(=O)CCN(CCNC(=O)CCN(CCCN(CCC(=O)NCCN(CCC(N)=O)CCC(=O)NCCN)CC(=O)NCCCN)CCC(N)=O)CC(N)=O. The summed E-state index contributed by atoms with van der Waals surface area (Å²) in [5, 5.41) is 14.0. The number of primary amides is 3. The molecule has 340 valence electrons. The number of carbonyl (C=O) groups is 8. The first-order chi connectivity index (χ1) is 28.2. The molecule has 59 heavy (non-hydrogen) atoms. The first kappa shape index (κ1) is 54.5. The van der Waals surface area contributed by atoms with Gasteiger partial charge in [0.05, 0.1) is 13.1 Å². The molecule has 0 aromatic rings. The number of nitrogens with zero attached hydrogens (tertiary/aromatic N) is 4. The monoisotopic (exact) mass is 843 g/mol. The maximum absolute atomic E-state index is 12.9. The maximum Gasteiger partial charge on any atom is 0.234 e. The zero-order valence-electron chi connectivity index (χ0n) is 35.2. The van der Waals surface area contributed by atoms with E-state index in [2.05, 4.69) is 26.6 Å². The Morgan fingerprint density at radius 1 is 0.373 bits per heavy atom. The fraction of sp³-hybridized carbons (Fsp3) is 0.784. The third-order valence-corrected chi connectivity index (χ3v) is 8.91. The molecule has 22 heteroatoms.